The molecule has 106 valence electrons. The molecule has 0 heterocycles. The van der Waals surface area contributed by atoms with Gasteiger partial charge in [-0.3, -0.25) is 0 Å². The van der Waals surface area contributed by atoms with Crippen molar-refractivity contribution >= 4 is 11.6 Å². The lowest BCUT2D eigenvalue weighted by atomic mass is 9.88. The van der Waals surface area contributed by atoms with Crippen molar-refractivity contribution in [2.45, 2.75) is 32.3 Å². The molecule has 0 aliphatic heterocycles. The maximum absolute atomic E-state index is 13.4. The van der Waals surface area contributed by atoms with E-state index >= 15 is 0 Å². The Kier molecular flexibility index (Phi) is 4.46. The Hall–Kier alpha value is -1.38. The van der Waals surface area contributed by atoms with Crippen LogP contribution in [0.3, 0.4) is 0 Å². The van der Waals surface area contributed by atoms with Crippen molar-refractivity contribution in [1.82, 2.24) is 0 Å². The van der Waals surface area contributed by atoms with Gasteiger partial charge in [0.2, 0.25) is 0 Å². The van der Waals surface area contributed by atoms with E-state index in [1.807, 2.05) is 24.3 Å². The summed E-state index contributed by atoms with van der Waals surface area (Å²) in [6.45, 7) is 3.80. The van der Waals surface area contributed by atoms with E-state index in [1.165, 1.54) is 11.6 Å². The summed E-state index contributed by atoms with van der Waals surface area (Å²) in [4.78, 5) is 0. The van der Waals surface area contributed by atoms with E-state index in [4.69, 9.17) is 11.6 Å². The highest BCUT2D eigenvalue weighted by Gasteiger charge is 2.25. The van der Waals surface area contributed by atoms with E-state index in [-0.39, 0.29) is 11.4 Å². The monoisotopic (exact) mass is 292 g/mol. The van der Waals surface area contributed by atoms with E-state index in [9.17, 15) is 9.50 Å². The van der Waals surface area contributed by atoms with Crippen molar-refractivity contribution < 1.29 is 9.50 Å². The summed E-state index contributed by atoms with van der Waals surface area (Å²) in [6.07, 6.45) is 1.23. The normalized spacial score (nSPS) is 14.1. The predicted octanol–water partition coefficient (Wildman–Crippen LogP) is 4.49. The summed E-state index contributed by atoms with van der Waals surface area (Å²) in [5.74, 6) is -0.457. The Labute approximate surface area is 124 Å². The Balaban J connectivity index is 2.27. The molecule has 2 rings (SSSR count). The first-order valence-electron chi connectivity index (χ1n) is 6.68. The third-order valence-corrected chi connectivity index (χ3v) is 3.97. The zero-order chi connectivity index (χ0) is 14.8. The van der Waals surface area contributed by atoms with Crippen molar-refractivity contribution in [2.75, 3.05) is 0 Å². The molecule has 0 radical (unpaired) electrons. The van der Waals surface area contributed by atoms with Crippen molar-refractivity contribution in [3.63, 3.8) is 0 Å². The van der Waals surface area contributed by atoms with Gasteiger partial charge in [-0.2, -0.15) is 0 Å². The maximum atomic E-state index is 13.4. The molecule has 0 saturated carbocycles. The molecule has 20 heavy (non-hydrogen) atoms. The minimum Gasteiger partial charge on any atom is -0.385 e. The van der Waals surface area contributed by atoms with E-state index in [2.05, 4.69) is 6.92 Å². The van der Waals surface area contributed by atoms with Crippen molar-refractivity contribution in [3.05, 3.63) is 70.0 Å². The summed E-state index contributed by atoms with van der Waals surface area (Å²) in [6, 6.07) is 12.5. The molecule has 1 nitrogen and oxygen atoms in total. The number of benzene rings is 2. The van der Waals surface area contributed by atoms with Gasteiger partial charge in [0, 0.05) is 6.42 Å². The molecule has 1 unspecified atom stereocenters. The average Bonchev–Trinajstić information content (AvgIpc) is 2.44. The van der Waals surface area contributed by atoms with Crippen molar-refractivity contribution in [2.24, 2.45) is 0 Å². The lowest BCUT2D eigenvalue weighted by Gasteiger charge is -2.25. The van der Waals surface area contributed by atoms with E-state index < -0.39 is 11.4 Å². The first-order chi connectivity index (χ1) is 9.44. The number of hydrogen-bond donors (Lipinski definition) is 1. The fourth-order valence-corrected chi connectivity index (χ4v) is 2.45. The third-order valence-electron chi connectivity index (χ3n) is 3.55. The van der Waals surface area contributed by atoms with Crippen LogP contribution in [0, 0.1) is 5.82 Å². The molecule has 0 saturated heterocycles. The molecular weight excluding hydrogens is 275 g/mol. The molecule has 0 amide bonds. The lowest BCUT2D eigenvalue weighted by molar-refractivity contribution is 0.0576. The third kappa shape index (κ3) is 3.20. The number of aryl methyl sites for hydroxylation is 1. The second-order valence-corrected chi connectivity index (χ2v) is 5.59. The van der Waals surface area contributed by atoms with Crippen LogP contribution in [-0.4, -0.2) is 5.11 Å². The van der Waals surface area contributed by atoms with Gasteiger partial charge in [0.25, 0.3) is 0 Å². The Morgan fingerprint density at radius 3 is 2.40 bits per heavy atom. The molecule has 0 fully saturated rings. The van der Waals surface area contributed by atoms with Crippen LogP contribution in [0.2, 0.25) is 5.02 Å². The molecule has 0 aliphatic rings. The molecule has 2 aromatic rings. The number of hydrogen-bond acceptors (Lipinski definition) is 1. The zero-order valence-corrected chi connectivity index (χ0v) is 12.4. The van der Waals surface area contributed by atoms with E-state index in [1.54, 1.807) is 19.1 Å². The van der Waals surface area contributed by atoms with Gasteiger partial charge in [-0.05, 0) is 36.1 Å². The van der Waals surface area contributed by atoms with E-state index in [0.717, 1.165) is 12.0 Å². The van der Waals surface area contributed by atoms with Gasteiger partial charge in [0.15, 0.2) is 0 Å². The van der Waals surface area contributed by atoms with Gasteiger partial charge >= 0.3 is 0 Å². The number of rotatable bonds is 4. The summed E-state index contributed by atoms with van der Waals surface area (Å²) < 4.78 is 13.4. The van der Waals surface area contributed by atoms with Crippen LogP contribution in [0.5, 0.6) is 0 Å². The summed E-state index contributed by atoms with van der Waals surface area (Å²) in [5, 5.41) is 10.7. The fourth-order valence-electron chi connectivity index (χ4n) is 2.26. The molecule has 2 aromatic carbocycles. The lowest BCUT2D eigenvalue weighted by Crippen LogP contribution is -2.24. The topological polar surface area (TPSA) is 20.2 Å². The molecule has 0 spiro atoms. The minimum absolute atomic E-state index is 0.0814. The van der Waals surface area contributed by atoms with Crippen LogP contribution in [0.4, 0.5) is 4.39 Å². The molecule has 0 aliphatic carbocycles. The molecule has 1 N–H and O–H groups in total. The van der Waals surface area contributed by atoms with Crippen LogP contribution in [0.25, 0.3) is 0 Å². The summed E-state index contributed by atoms with van der Waals surface area (Å²) in [5.41, 5.74) is 1.54. The second-order valence-electron chi connectivity index (χ2n) is 5.21. The second kappa shape index (κ2) is 5.94. The zero-order valence-electron chi connectivity index (χ0n) is 11.7. The number of aliphatic hydroxyl groups is 1. The van der Waals surface area contributed by atoms with Gasteiger partial charge in [-0.25, -0.2) is 4.39 Å². The highest BCUT2D eigenvalue weighted by molar-refractivity contribution is 6.31. The van der Waals surface area contributed by atoms with Gasteiger partial charge in [0.1, 0.15) is 5.82 Å². The van der Waals surface area contributed by atoms with Crippen LogP contribution < -0.4 is 0 Å². The van der Waals surface area contributed by atoms with Crippen LogP contribution >= 0.6 is 11.6 Å². The quantitative estimate of drug-likeness (QED) is 0.880. The first-order valence-corrected chi connectivity index (χ1v) is 7.06. The minimum atomic E-state index is -1.08. The van der Waals surface area contributed by atoms with Crippen LogP contribution in [-0.2, 0) is 18.4 Å². The average molecular weight is 293 g/mol. The van der Waals surface area contributed by atoms with Crippen LogP contribution in [0.15, 0.2) is 42.5 Å². The maximum Gasteiger partial charge on any atom is 0.142 e. The van der Waals surface area contributed by atoms with Gasteiger partial charge in [-0.15, -0.1) is 0 Å². The standard InChI is InChI=1S/C17H18ClFO/c1-3-12-7-9-14(10-8-12)17(2,20)11-13-5-4-6-15(19)16(13)18/h4-10,20H,3,11H2,1-2H3. The molecule has 1 atom stereocenters. The summed E-state index contributed by atoms with van der Waals surface area (Å²) in [7, 11) is 0. The molecule has 3 heteroatoms. The van der Waals surface area contributed by atoms with Crippen molar-refractivity contribution in [3.8, 4) is 0 Å². The van der Waals surface area contributed by atoms with E-state index in [0.29, 0.717) is 5.56 Å². The largest absolute Gasteiger partial charge is 0.385 e. The van der Waals surface area contributed by atoms with Gasteiger partial charge < -0.3 is 5.11 Å². The Morgan fingerprint density at radius 1 is 1.15 bits per heavy atom. The Bertz CT molecular complexity index is 590. The molecule has 0 bridgehead atoms. The smallest absolute Gasteiger partial charge is 0.142 e. The predicted molar refractivity (Wildman–Crippen MR) is 80.5 cm³/mol. The van der Waals surface area contributed by atoms with Gasteiger partial charge in [-0.1, -0.05) is 54.9 Å². The molecular formula is C17H18ClFO. The SMILES string of the molecule is CCc1ccc(C(C)(O)Cc2cccc(F)c2Cl)cc1. The van der Waals surface area contributed by atoms with Gasteiger partial charge in [0.05, 0.1) is 10.6 Å². The molecule has 0 aromatic heterocycles. The summed E-state index contributed by atoms with van der Waals surface area (Å²) >= 11 is 5.95. The highest BCUT2D eigenvalue weighted by Crippen LogP contribution is 2.30. The number of halogens is 2. The van der Waals surface area contributed by atoms with Crippen molar-refractivity contribution in [1.29, 1.82) is 0 Å². The Morgan fingerprint density at radius 2 is 1.80 bits per heavy atom. The first kappa shape index (κ1) is 15.0. The fraction of sp³-hybridized carbons (Fsp3) is 0.294. The highest BCUT2D eigenvalue weighted by atomic mass is 35.5. The van der Waals surface area contributed by atoms with Crippen LogP contribution in [0.1, 0.15) is 30.5 Å².